The molecule has 0 aliphatic heterocycles. The van der Waals surface area contributed by atoms with Crippen molar-refractivity contribution >= 4 is 0 Å². The predicted octanol–water partition coefficient (Wildman–Crippen LogP) is 5.70. The zero-order chi connectivity index (χ0) is 20.4. The Balaban J connectivity index is 6.04. The van der Waals surface area contributed by atoms with E-state index in [4.69, 9.17) is 0 Å². The lowest BCUT2D eigenvalue weighted by Crippen LogP contribution is -2.37. The fourth-order valence-electron chi connectivity index (χ4n) is 1.12. The Morgan fingerprint density at radius 3 is 0.960 bits per heavy atom. The largest absolute Gasteiger partial charge is 0.418 e. The van der Waals surface area contributed by atoms with Crippen molar-refractivity contribution in [3.05, 3.63) is 22.8 Å². The smallest absolute Gasteiger partial charge is 0.246 e. The van der Waals surface area contributed by atoms with Crippen molar-refractivity contribution < 1.29 is 66.2 Å². The highest BCUT2D eigenvalue weighted by atomic mass is 19.4. The average Bonchev–Trinajstić information content (AvgIpc) is 2.35. The molecular formula is C10H4F14O. The molecule has 0 amide bonds. The second-order valence-corrected chi connectivity index (χ2v) is 3.98. The fourth-order valence-corrected chi connectivity index (χ4v) is 1.12. The summed E-state index contributed by atoms with van der Waals surface area (Å²) in [7, 11) is 0. The second kappa shape index (κ2) is 7.37. The maximum absolute atomic E-state index is 12.9. The Kier molecular flexibility index (Phi) is 6.92. The van der Waals surface area contributed by atoms with Crippen LogP contribution in [0.2, 0.25) is 0 Å². The number of ether oxygens (including phenoxy) is 1. The lowest BCUT2D eigenvalue weighted by molar-refractivity contribution is -0.355. The minimum Gasteiger partial charge on any atom is -0.246 e. The monoisotopic (exact) mass is 406 g/mol. The summed E-state index contributed by atoms with van der Waals surface area (Å²) in [6, 6.07) is 0. The van der Waals surface area contributed by atoms with Crippen LogP contribution in [0.5, 0.6) is 0 Å². The first-order valence-electron chi connectivity index (χ1n) is 5.42. The molecule has 0 saturated carbocycles. The molecule has 1 nitrogen and oxygen atoms in total. The molecular weight excluding hydrogens is 402 g/mol. The Morgan fingerprint density at radius 2 is 0.800 bits per heavy atom. The van der Waals surface area contributed by atoms with Crippen molar-refractivity contribution in [1.82, 2.24) is 0 Å². The lowest BCUT2D eigenvalue weighted by atomic mass is 10.2. The molecule has 0 aromatic carbocycles. The van der Waals surface area contributed by atoms with E-state index in [0.29, 0.717) is 0 Å². The first-order chi connectivity index (χ1) is 10.9. The van der Waals surface area contributed by atoms with E-state index in [1.165, 1.54) is 0 Å². The van der Waals surface area contributed by atoms with E-state index in [2.05, 4.69) is 0 Å². The molecule has 0 aliphatic carbocycles. The predicted molar refractivity (Wildman–Crippen MR) is 51.3 cm³/mol. The van der Waals surface area contributed by atoms with Crippen LogP contribution in [0.4, 0.5) is 61.5 Å². The van der Waals surface area contributed by atoms with Crippen LogP contribution in [0.3, 0.4) is 0 Å². The molecule has 0 aliphatic rings. The molecule has 0 aromatic rings. The van der Waals surface area contributed by atoms with Gasteiger partial charge in [0.1, 0.15) is 24.5 Å². The van der Waals surface area contributed by atoms with E-state index in [1.54, 1.807) is 0 Å². The molecule has 0 rings (SSSR count). The van der Waals surface area contributed by atoms with Crippen molar-refractivity contribution in [2.75, 3.05) is 13.3 Å². The summed E-state index contributed by atoms with van der Waals surface area (Å²) < 4.78 is 176. The van der Waals surface area contributed by atoms with Gasteiger partial charge in [0.25, 0.3) is 0 Å². The summed E-state index contributed by atoms with van der Waals surface area (Å²) >= 11 is 0. The number of alkyl halides is 12. The maximum Gasteiger partial charge on any atom is 0.418 e. The molecule has 0 unspecified atom stereocenters. The van der Waals surface area contributed by atoms with Gasteiger partial charge in [-0.15, -0.1) is 0 Å². The van der Waals surface area contributed by atoms with Crippen molar-refractivity contribution in [3.8, 4) is 0 Å². The van der Waals surface area contributed by atoms with Crippen molar-refractivity contribution in [3.63, 3.8) is 0 Å². The number of rotatable bonds is 6. The average molecular weight is 406 g/mol. The van der Waals surface area contributed by atoms with Crippen LogP contribution in [-0.4, -0.2) is 37.9 Å². The lowest BCUT2D eigenvalue weighted by Gasteiger charge is -2.24. The summed E-state index contributed by atoms with van der Waals surface area (Å²) in [5, 5.41) is 0. The molecule has 0 heterocycles. The van der Waals surface area contributed by atoms with Gasteiger partial charge in [0, 0.05) is 0 Å². The Bertz CT molecular complexity index is 489. The summed E-state index contributed by atoms with van der Waals surface area (Å²) in [5.74, 6) is -7.97. The van der Waals surface area contributed by atoms with Gasteiger partial charge in [-0.25, -0.2) is 22.3 Å². The zero-order valence-electron chi connectivity index (χ0n) is 11.1. The first kappa shape index (κ1) is 23.5. The standard InChI is InChI=1S/C10H4F14O/c11-1-3(7(15,16)17)5(13)9(21,22)25-10(23,24)6(14)4(2-12)8(18,19)20/h1-2H2. The molecule has 25 heavy (non-hydrogen) atoms. The fraction of sp³-hybridized carbons (Fsp3) is 0.600. The van der Waals surface area contributed by atoms with Gasteiger partial charge >= 0.3 is 24.6 Å². The second-order valence-electron chi connectivity index (χ2n) is 3.98. The van der Waals surface area contributed by atoms with Gasteiger partial charge in [0.05, 0.1) is 0 Å². The highest BCUT2D eigenvalue weighted by Gasteiger charge is 2.56. The highest BCUT2D eigenvalue weighted by Crippen LogP contribution is 2.44. The van der Waals surface area contributed by atoms with E-state index in [-0.39, 0.29) is 0 Å². The first-order valence-corrected chi connectivity index (χ1v) is 5.42. The minimum atomic E-state index is -6.40. The number of hydrogen-bond acceptors (Lipinski definition) is 1. The molecule has 0 fully saturated rings. The SMILES string of the molecule is FCC(=C(F)C(F)(F)OC(F)(F)C(F)=C(CF)C(F)(F)F)C(F)(F)F. The summed E-state index contributed by atoms with van der Waals surface area (Å²) in [6.07, 6.45) is -25.1. The number of halogens is 14. The van der Waals surface area contributed by atoms with Crippen LogP contribution in [0.15, 0.2) is 22.8 Å². The summed E-state index contributed by atoms with van der Waals surface area (Å²) in [6.45, 7) is -5.98. The maximum atomic E-state index is 12.9. The number of hydrogen-bond donors (Lipinski definition) is 0. The van der Waals surface area contributed by atoms with Crippen LogP contribution >= 0.6 is 0 Å². The normalized spacial score (nSPS) is 16.6. The van der Waals surface area contributed by atoms with Crippen LogP contribution in [0.1, 0.15) is 0 Å². The van der Waals surface area contributed by atoms with Gasteiger partial charge < -0.3 is 0 Å². The van der Waals surface area contributed by atoms with Gasteiger partial charge in [-0.3, -0.25) is 0 Å². The molecule has 0 bridgehead atoms. The third-order valence-electron chi connectivity index (χ3n) is 2.25. The molecule has 0 saturated heterocycles. The van der Waals surface area contributed by atoms with Crippen LogP contribution in [-0.2, 0) is 4.74 Å². The van der Waals surface area contributed by atoms with Gasteiger partial charge in [-0.2, -0.15) is 43.9 Å². The quantitative estimate of drug-likeness (QED) is 0.515. The Morgan fingerprint density at radius 1 is 0.560 bits per heavy atom. The minimum absolute atomic E-state index is 2.04. The topological polar surface area (TPSA) is 9.23 Å². The van der Waals surface area contributed by atoms with Crippen LogP contribution in [0, 0.1) is 0 Å². The van der Waals surface area contributed by atoms with Gasteiger partial charge in [0.2, 0.25) is 11.7 Å². The van der Waals surface area contributed by atoms with E-state index in [9.17, 15) is 61.5 Å². The van der Waals surface area contributed by atoms with Gasteiger partial charge in [-0.05, 0) is 0 Å². The molecule has 0 atom stereocenters. The molecule has 15 heteroatoms. The van der Waals surface area contributed by atoms with Crippen molar-refractivity contribution in [2.45, 2.75) is 24.6 Å². The molecule has 0 spiro atoms. The molecule has 0 N–H and O–H groups in total. The third-order valence-corrected chi connectivity index (χ3v) is 2.25. The van der Waals surface area contributed by atoms with Crippen LogP contribution in [0.25, 0.3) is 0 Å². The third kappa shape index (κ3) is 5.74. The molecule has 0 radical (unpaired) electrons. The zero-order valence-corrected chi connectivity index (χ0v) is 11.1. The van der Waals surface area contributed by atoms with E-state index >= 15 is 0 Å². The van der Waals surface area contributed by atoms with E-state index in [1.807, 2.05) is 4.74 Å². The van der Waals surface area contributed by atoms with Gasteiger partial charge in [-0.1, -0.05) is 0 Å². The van der Waals surface area contributed by atoms with E-state index < -0.39 is 60.7 Å². The Hall–Kier alpha value is -1.54. The number of allylic oxidation sites excluding steroid dienone is 2. The van der Waals surface area contributed by atoms with Gasteiger partial charge in [0.15, 0.2) is 0 Å². The van der Waals surface area contributed by atoms with Crippen LogP contribution < -0.4 is 0 Å². The Labute approximate surface area is 128 Å². The molecule has 0 aromatic heterocycles. The molecule has 148 valence electrons. The van der Waals surface area contributed by atoms with E-state index in [0.717, 1.165) is 0 Å². The van der Waals surface area contributed by atoms with Crippen molar-refractivity contribution in [1.29, 1.82) is 0 Å². The van der Waals surface area contributed by atoms with Crippen molar-refractivity contribution in [2.24, 2.45) is 0 Å². The summed E-state index contributed by atoms with van der Waals surface area (Å²) in [5.41, 5.74) is -6.67. The summed E-state index contributed by atoms with van der Waals surface area (Å²) in [4.78, 5) is 0. The highest BCUT2D eigenvalue weighted by molar-refractivity contribution is 5.21.